The fraction of sp³-hybridized carbons (Fsp3) is 0.176. The zero-order valence-electron chi connectivity index (χ0n) is 14.5. The maximum Gasteiger partial charge on any atom is 0.294 e. The van der Waals surface area contributed by atoms with E-state index in [-0.39, 0.29) is 11.6 Å². The zero-order valence-corrected chi connectivity index (χ0v) is 16.1. The van der Waals surface area contributed by atoms with Crippen LogP contribution in [0.1, 0.15) is 18.1 Å². The van der Waals surface area contributed by atoms with Crippen LogP contribution in [-0.2, 0) is 14.4 Å². The summed E-state index contributed by atoms with van der Waals surface area (Å²) >= 11 is 2.93. The molecule has 26 heavy (non-hydrogen) atoms. The average molecular weight is 390 g/mol. The number of thioether (sulfide) groups is 1. The highest BCUT2D eigenvalue weighted by Crippen LogP contribution is 2.21. The summed E-state index contributed by atoms with van der Waals surface area (Å²) in [6.45, 7) is 1.41. The number of amides is 2. The number of oxime groups is 1. The molecule has 1 aromatic carbocycles. The first-order chi connectivity index (χ1) is 12.5. The average Bonchev–Trinajstić information content (AvgIpc) is 3.07. The number of carbonyl (C=O) groups is 2. The molecule has 0 aliphatic rings. The Hall–Kier alpha value is -2.65. The Balaban J connectivity index is 2.06. The van der Waals surface area contributed by atoms with E-state index in [4.69, 9.17) is 4.84 Å². The lowest BCUT2D eigenvalue weighted by atomic mass is 10.2. The highest BCUT2D eigenvalue weighted by atomic mass is 32.2. The van der Waals surface area contributed by atoms with Gasteiger partial charge in [-0.1, -0.05) is 17.3 Å². The van der Waals surface area contributed by atoms with Gasteiger partial charge in [0.25, 0.3) is 5.91 Å². The van der Waals surface area contributed by atoms with E-state index < -0.39 is 5.91 Å². The van der Waals surface area contributed by atoms with E-state index in [1.54, 1.807) is 29.4 Å². The van der Waals surface area contributed by atoms with Crippen molar-refractivity contribution < 1.29 is 14.4 Å². The van der Waals surface area contributed by atoms with Crippen LogP contribution in [0.2, 0.25) is 0 Å². The van der Waals surface area contributed by atoms with Crippen molar-refractivity contribution in [3.63, 3.8) is 0 Å². The molecule has 0 aliphatic carbocycles. The largest absolute Gasteiger partial charge is 0.398 e. The summed E-state index contributed by atoms with van der Waals surface area (Å²) in [7, 11) is 1.35. The summed E-state index contributed by atoms with van der Waals surface area (Å²) in [5.41, 5.74) is 3.87. The molecule has 136 valence electrons. The van der Waals surface area contributed by atoms with Gasteiger partial charge >= 0.3 is 0 Å². The van der Waals surface area contributed by atoms with E-state index in [2.05, 4.69) is 21.0 Å². The molecule has 0 bridgehead atoms. The second-order valence-electron chi connectivity index (χ2n) is 4.98. The minimum Gasteiger partial charge on any atom is -0.398 e. The predicted octanol–water partition coefficient (Wildman–Crippen LogP) is 2.93. The normalized spacial score (nSPS) is 11.4. The number of hydrogen-bond acceptors (Lipinski definition) is 7. The lowest BCUT2D eigenvalue weighted by molar-refractivity contribution is -0.115. The van der Waals surface area contributed by atoms with E-state index in [1.807, 2.05) is 30.5 Å². The number of rotatable bonds is 7. The van der Waals surface area contributed by atoms with Gasteiger partial charge in [-0.25, -0.2) is 5.43 Å². The van der Waals surface area contributed by atoms with Crippen LogP contribution in [0.3, 0.4) is 0 Å². The predicted molar refractivity (Wildman–Crippen MR) is 106 cm³/mol. The molecule has 0 unspecified atom stereocenters. The SMILES string of the molecule is CON=C(C(=O)NN=Cc1ccc(SC)cc1)c1csc(NC(C)=O)c1. The molecule has 2 rings (SSSR count). The van der Waals surface area contributed by atoms with Crippen LogP contribution in [0.25, 0.3) is 0 Å². The number of hydrazone groups is 1. The number of nitrogens with zero attached hydrogens (tertiary/aromatic N) is 2. The van der Waals surface area contributed by atoms with Gasteiger partial charge in [0.2, 0.25) is 5.91 Å². The Morgan fingerprint density at radius 1 is 1.27 bits per heavy atom. The zero-order chi connectivity index (χ0) is 18.9. The van der Waals surface area contributed by atoms with Crippen molar-refractivity contribution in [2.24, 2.45) is 10.3 Å². The van der Waals surface area contributed by atoms with Crippen molar-refractivity contribution in [2.45, 2.75) is 11.8 Å². The summed E-state index contributed by atoms with van der Waals surface area (Å²) < 4.78 is 0. The maximum absolute atomic E-state index is 12.3. The Labute approximate surface area is 159 Å². The van der Waals surface area contributed by atoms with Crippen LogP contribution in [0.15, 0.2) is 50.9 Å². The molecule has 1 heterocycles. The number of nitrogens with one attached hydrogen (secondary N) is 2. The van der Waals surface area contributed by atoms with Crippen molar-refractivity contribution >= 4 is 51.8 Å². The quantitative estimate of drug-likeness (QED) is 0.432. The van der Waals surface area contributed by atoms with Gasteiger partial charge in [0, 0.05) is 22.8 Å². The molecular formula is C17H18N4O3S2. The summed E-state index contributed by atoms with van der Waals surface area (Å²) in [6.07, 6.45) is 3.55. The van der Waals surface area contributed by atoms with E-state index >= 15 is 0 Å². The molecule has 9 heteroatoms. The highest BCUT2D eigenvalue weighted by molar-refractivity contribution is 7.98. The van der Waals surface area contributed by atoms with Crippen molar-refractivity contribution in [2.75, 3.05) is 18.7 Å². The fourth-order valence-corrected chi connectivity index (χ4v) is 3.16. The molecule has 0 spiro atoms. The minimum absolute atomic E-state index is 0.0650. The molecule has 2 amide bonds. The lowest BCUT2D eigenvalue weighted by Crippen LogP contribution is -2.28. The van der Waals surface area contributed by atoms with Gasteiger partial charge in [0.15, 0.2) is 5.71 Å². The molecule has 0 radical (unpaired) electrons. The molecule has 0 saturated carbocycles. The third-order valence-electron chi connectivity index (χ3n) is 3.07. The molecule has 0 aliphatic heterocycles. The van der Waals surface area contributed by atoms with Gasteiger partial charge in [-0.05, 0) is 30.0 Å². The van der Waals surface area contributed by atoms with Crippen LogP contribution in [0.5, 0.6) is 0 Å². The Morgan fingerprint density at radius 2 is 2.00 bits per heavy atom. The van der Waals surface area contributed by atoms with Crippen LogP contribution in [0, 0.1) is 0 Å². The smallest absolute Gasteiger partial charge is 0.294 e. The van der Waals surface area contributed by atoms with Gasteiger partial charge in [-0.15, -0.1) is 23.1 Å². The van der Waals surface area contributed by atoms with Crippen molar-refractivity contribution in [3.05, 3.63) is 46.8 Å². The number of anilines is 1. The maximum atomic E-state index is 12.3. The third-order valence-corrected chi connectivity index (χ3v) is 4.65. The molecule has 2 aromatic rings. The highest BCUT2D eigenvalue weighted by Gasteiger charge is 2.17. The Kier molecular flexibility index (Phi) is 7.37. The first kappa shape index (κ1) is 19.7. The first-order valence-electron chi connectivity index (χ1n) is 7.48. The van der Waals surface area contributed by atoms with Gasteiger partial charge < -0.3 is 10.2 Å². The molecule has 0 fully saturated rings. The summed E-state index contributed by atoms with van der Waals surface area (Å²) in [5, 5.41) is 12.7. The number of thiophene rings is 1. The molecular weight excluding hydrogens is 372 g/mol. The van der Waals surface area contributed by atoms with Crippen molar-refractivity contribution in [1.82, 2.24) is 5.43 Å². The lowest BCUT2D eigenvalue weighted by Gasteiger charge is -2.02. The van der Waals surface area contributed by atoms with Crippen LogP contribution in [-0.4, -0.2) is 37.1 Å². The van der Waals surface area contributed by atoms with Crippen LogP contribution < -0.4 is 10.7 Å². The summed E-state index contributed by atoms with van der Waals surface area (Å²) in [6, 6.07) is 9.41. The van der Waals surface area contributed by atoms with E-state index in [1.165, 1.54) is 25.4 Å². The second kappa shape index (κ2) is 9.73. The van der Waals surface area contributed by atoms with E-state index in [0.717, 1.165) is 10.5 Å². The second-order valence-corrected chi connectivity index (χ2v) is 6.77. The number of hydrogen-bond donors (Lipinski definition) is 2. The summed E-state index contributed by atoms with van der Waals surface area (Å²) in [5.74, 6) is -0.707. The van der Waals surface area contributed by atoms with Gasteiger partial charge in [-0.3, -0.25) is 9.59 Å². The van der Waals surface area contributed by atoms with Crippen LogP contribution >= 0.6 is 23.1 Å². The van der Waals surface area contributed by atoms with Crippen molar-refractivity contribution in [1.29, 1.82) is 0 Å². The minimum atomic E-state index is -0.518. The topological polar surface area (TPSA) is 92.2 Å². The Bertz CT molecular complexity index is 829. The molecule has 0 saturated heterocycles. The monoisotopic (exact) mass is 390 g/mol. The molecule has 1 aromatic heterocycles. The Morgan fingerprint density at radius 3 is 2.62 bits per heavy atom. The van der Waals surface area contributed by atoms with Gasteiger partial charge in [0.1, 0.15) is 7.11 Å². The molecule has 2 N–H and O–H groups in total. The van der Waals surface area contributed by atoms with E-state index in [9.17, 15) is 9.59 Å². The molecule has 0 atom stereocenters. The van der Waals surface area contributed by atoms with Crippen molar-refractivity contribution in [3.8, 4) is 0 Å². The summed E-state index contributed by atoms with van der Waals surface area (Å²) in [4.78, 5) is 29.3. The first-order valence-corrected chi connectivity index (χ1v) is 9.59. The third kappa shape index (κ3) is 5.71. The molecule has 7 nitrogen and oxygen atoms in total. The van der Waals surface area contributed by atoms with Gasteiger partial charge in [0.05, 0.1) is 11.2 Å². The number of carbonyl (C=O) groups excluding carboxylic acids is 2. The van der Waals surface area contributed by atoms with Crippen LogP contribution in [0.4, 0.5) is 5.00 Å². The fourth-order valence-electron chi connectivity index (χ4n) is 1.92. The number of benzene rings is 1. The van der Waals surface area contributed by atoms with E-state index in [0.29, 0.717) is 10.6 Å². The van der Waals surface area contributed by atoms with Gasteiger partial charge in [-0.2, -0.15) is 5.10 Å². The standard InChI is InChI=1S/C17H18N4O3S2/c1-11(22)19-15-8-13(10-26-15)16(21-24-2)17(23)20-18-9-12-4-6-14(25-3)7-5-12/h4-10H,1-3H3,(H,19,22)(H,20,23).